The lowest BCUT2D eigenvalue weighted by Crippen LogP contribution is -2.36. The zero-order chi connectivity index (χ0) is 14.6. The summed E-state index contributed by atoms with van der Waals surface area (Å²) >= 11 is 0. The number of anilines is 1. The molecule has 0 atom stereocenters. The van der Waals surface area contributed by atoms with E-state index in [4.69, 9.17) is 0 Å². The Bertz CT molecular complexity index is 461. The van der Waals surface area contributed by atoms with Crippen LogP contribution in [0.1, 0.15) is 32.6 Å². The zero-order valence-electron chi connectivity index (χ0n) is 11.6. The van der Waals surface area contributed by atoms with Crippen LogP contribution in [0.15, 0.2) is 12.3 Å². The minimum atomic E-state index is -2.65. The van der Waals surface area contributed by atoms with E-state index in [0.29, 0.717) is 25.3 Å². The molecule has 112 valence electrons. The SMILES string of the molecule is CCCn1nccc1NC(=O)N1CCCC(F)(F)CC1. The van der Waals surface area contributed by atoms with Gasteiger partial charge in [0.15, 0.2) is 0 Å². The molecule has 7 heteroatoms. The average Bonchev–Trinajstić information content (AvgIpc) is 2.72. The Hall–Kier alpha value is -1.66. The summed E-state index contributed by atoms with van der Waals surface area (Å²) in [6.45, 7) is 3.18. The fraction of sp³-hybridized carbons (Fsp3) is 0.692. The molecule has 2 amide bonds. The molecule has 1 aromatic rings. The number of amides is 2. The summed E-state index contributed by atoms with van der Waals surface area (Å²) in [4.78, 5) is 13.6. The van der Waals surface area contributed by atoms with Crippen molar-refractivity contribution in [3.8, 4) is 0 Å². The first-order valence-electron chi connectivity index (χ1n) is 6.97. The number of aromatic nitrogens is 2. The van der Waals surface area contributed by atoms with Gasteiger partial charge in [-0.3, -0.25) is 5.32 Å². The summed E-state index contributed by atoms with van der Waals surface area (Å²) in [6, 6.07) is 1.38. The summed E-state index contributed by atoms with van der Waals surface area (Å²) in [7, 11) is 0. The van der Waals surface area contributed by atoms with E-state index in [1.165, 1.54) is 4.90 Å². The monoisotopic (exact) mass is 286 g/mol. The van der Waals surface area contributed by atoms with Crippen LogP contribution < -0.4 is 5.32 Å². The van der Waals surface area contributed by atoms with E-state index in [1.807, 2.05) is 6.92 Å². The van der Waals surface area contributed by atoms with Gasteiger partial charge in [-0.15, -0.1) is 0 Å². The number of nitrogens with zero attached hydrogens (tertiary/aromatic N) is 3. The number of aryl methyl sites for hydroxylation is 1. The van der Waals surface area contributed by atoms with Crippen LogP contribution in [0, 0.1) is 0 Å². The summed E-state index contributed by atoms with van der Waals surface area (Å²) in [5.74, 6) is -2.05. The second-order valence-corrected chi connectivity index (χ2v) is 5.07. The third-order valence-corrected chi connectivity index (χ3v) is 3.39. The molecule has 2 rings (SSSR count). The van der Waals surface area contributed by atoms with E-state index in [1.54, 1.807) is 16.9 Å². The maximum Gasteiger partial charge on any atom is 0.323 e. The fourth-order valence-corrected chi connectivity index (χ4v) is 2.28. The van der Waals surface area contributed by atoms with Crippen LogP contribution in [0.4, 0.5) is 19.4 Å². The second kappa shape index (κ2) is 6.19. The normalized spacial score (nSPS) is 18.6. The molecule has 1 aliphatic rings. The van der Waals surface area contributed by atoms with E-state index in [0.717, 1.165) is 6.42 Å². The van der Waals surface area contributed by atoms with Crippen molar-refractivity contribution in [3.05, 3.63) is 12.3 Å². The largest absolute Gasteiger partial charge is 0.324 e. The maximum absolute atomic E-state index is 13.3. The number of rotatable bonds is 3. The van der Waals surface area contributed by atoms with Gasteiger partial charge in [0.2, 0.25) is 5.92 Å². The Morgan fingerprint density at radius 3 is 3.00 bits per heavy atom. The van der Waals surface area contributed by atoms with Gasteiger partial charge < -0.3 is 4.90 Å². The molecule has 2 heterocycles. The molecule has 1 saturated heterocycles. The third kappa shape index (κ3) is 3.68. The van der Waals surface area contributed by atoms with E-state index in [-0.39, 0.29) is 25.4 Å². The van der Waals surface area contributed by atoms with Crippen LogP contribution in [-0.4, -0.2) is 39.7 Å². The summed E-state index contributed by atoms with van der Waals surface area (Å²) in [5.41, 5.74) is 0. The highest BCUT2D eigenvalue weighted by atomic mass is 19.3. The minimum Gasteiger partial charge on any atom is -0.324 e. The molecule has 1 N–H and O–H groups in total. The Morgan fingerprint density at radius 1 is 1.45 bits per heavy atom. The molecule has 0 aliphatic carbocycles. The second-order valence-electron chi connectivity index (χ2n) is 5.07. The van der Waals surface area contributed by atoms with Gasteiger partial charge in [-0.1, -0.05) is 6.92 Å². The van der Waals surface area contributed by atoms with Crippen LogP contribution in [-0.2, 0) is 6.54 Å². The lowest BCUT2D eigenvalue weighted by Gasteiger charge is -2.21. The van der Waals surface area contributed by atoms with E-state index < -0.39 is 5.92 Å². The molecular weight excluding hydrogens is 266 g/mol. The van der Waals surface area contributed by atoms with Crippen LogP contribution >= 0.6 is 0 Å². The van der Waals surface area contributed by atoms with Gasteiger partial charge in [0.25, 0.3) is 0 Å². The first kappa shape index (κ1) is 14.7. The Kier molecular flexibility index (Phi) is 4.57. The number of carbonyl (C=O) groups is 1. The quantitative estimate of drug-likeness (QED) is 0.928. The summed E-state index contributed by atoms with van der Waals surface area (Å²) < 4.78 is 28.2. The summed E-state index contributed by atoms with van der Waals surface area (Å²) in [6.07, 6.45) is 2.43. The minimum absolute atomic E-state index is 0.0841. The molecule has 0 bridgehead atoms. The molecule has 1 fully saturated rings. The van der Waals surface area contributed by atoms with Crippen molar-refractivity contribution < 1.29 is 13.6 Å². The number of halogens is 2. The predicted molar refractivity (Wildman–Crippen MR) is 71.9 cm³/mol. The molecule has 0 saturated carbocycles. The van der Waals surface area contributed by atoms with Crippen LogP contribution in [0.25, 0.3) is 0 Å². The molecule has 5 nitrogen and oxygen atoms in total. The van der Waals surface area contributed by atoms with Crippen LogP contribution in [0.2, 0.25) is 0 Å². The number of likely N-dealkylation sites (tertiary alicyclic amines) is 1. The van der Waals surface area contributed by atoms with Gasteiger partial charge in [-0.05, 0) is 12.8 Å². The maximum atomic E-state index is 13.3. The molecular formula is C13H20F2N4O. The molecule has 20 heavy (non-hydrogen) atoms. The van der Waals surface area contributed by atoms with Crippen molar-refractivity contribution in [3.63, 3.8) is 0 Å². The lowest BCUT2D eigenvalue weighted by atomic mass is 10.1. The topological polar surface area (TPSA) is 50.2 Å². The lowest BCUT2D eigenvalue weighted by molar-refractivity contribution is -0.0121. The fourth-order valence-electron chi connectivity index (χ4n) is 2.28. The van der Waals surface area contributed by atoms with Gasteiger partial charge in [0.05, 0.1) is 6.20 Å². The first-order valence-corrected chi connectivity index (χ1v) is 6.97. The highest BCUT2D eigenvalue weighted by Gasteiger charge is 2.33. The van der Waals surface area contributed by atoms with Gasteiger partial charge in [-0.25, -0.2) is 18.3 Å². The van der Waals surface area contributed by atoms with Gasteiger partial charge in [0, 0.05) is 38.5 Å². The number of hydrogen-bond donors (Lipinski definition) is 1. The third-order valence-electron chi connectivity index (χ3n) is 3.39. The Morgan fingerprint density at radius 2 is 2.25 bits per heavy atom. The van der Waals surface area contributed by atoms with Crippen LogP contribution in [0.3, 0.4) is 0 Å². The average molecular weight is 286 g/mol. The van der Waals surface area contributed by atoms with Crippen molar-refractivity contribution in [1.82, 2.24) is 14.7 Å². The van der Waals surface area contributed by atoms with E-state index >= 15 is 0 Å². The molecule has 0 aromatic carbocycles. The first-order chi connectivity index (χ1) is 9.52. The highest BCUT2D eigenvalue weighted by molar-refractivity contribution is 5.88. The Balaban J connectivity index is 1.96. The van der Waals surface area contributed by atoms with E-state index in [2.05, 4.69) is 10.4 Å². The number of hydrogen-bond acceptors (Lipinski definition) is 2. The predicted octanol–water partition coefficient (Wildman–Crippen LogP) is 2.95. The zero-order valence-corrected chi connectivity index (χ0v) is 11.6. The number of nitrogens with one attached hydrogen (secondary N) is 1. The van der Waals surface area contributed by atoms with Gasteiger partial charge >= 0.3 is 6.03 Å². The van der Waals surface area contributed by atoms with Crippen molar-refractivity contribution in [2.75, 3.05) is 18.4 Å². The summed E-state index contributed by atoms with van der Waals surface area (Å²) in [5, 5.41) is 6.85. The van der Waals surface area contributed by atoms with Crippen molar-refractivity contribution in [2.45, 2.75) is 45.1 Å². The van der Waals surface area contributed by atoms with Crippen molar-refractivity contribution in [1.29, 1.82) is 0 Å². The number of urea groups is 1. The van der Waals surface area contributed by atoms with Gasteiger partial charge in [0.1, 0.15) is 5.82 Å². The van der Waals surface area contributed by atoms with Gasteiger partial charge in [-0.2, -0.15) is 5.10 Å². The standard InChI is InChI=1S/C13H20F2N4O/c1-2-8-19-11(4-7-16-19)17-12(20)18-9-3-5-13(14,15)6-10-18/h4,7H,2-3,5-6,8-10H2,1H3,(H,17,20). The van der Waals surface area contributed by atoms with Crippen molar-refractivity contribution in [2.24, 2.45) is 0 Å². The van der Waals surface area contributed by atoms with E-state index in [9.17, 15) is 13.6 Å². The smallest absolute Gasteiger partial charge is 0.323 e. The highest BCUT2D eigenvalue weighted by Crippen LogP contribution is 2.27. The molecule has 0 spiro atoms. The molecule has 1 aliphatic heterocycles. The number of carbonyl (C=O) groups excluding carboxylic acids is 1. The number of alkyl halides is 2. The Labute approximate surface area is 116 Å². The molecule has 1 aromatic heterocycles. The van der Waals surface area contributed by atoms with Crippen molar-refractivity contribution >= 4 is 11.8 Å². The molecule has 0 unspecified atom stereocenters. The molecule has 0 radical (unpaired) electrons. The van der Waals surface area contributed by atoms with Crippen LogP contribution in [0.5, 0.6) is 0 Å².